The topological polar surface area (TPSA) is 41.1 Å². The number of rotatable bonds is 5. The maximum absolute atomic E-state index is 12.3. The van der Waals surface area contributed by atoms with Gasteiger partial charge >= 0.3 is 0 Å². The highest BCUT2D eigenvalue weighted by molar-refractivity contribution is 5.80. The zero-order valence-corrected chi connectivity index (χ0v) is 9.84. The van der Waals surface area contributed by atoms with Gasteiger partial charge in [0.1, 0.15) is 0 Å². The smallest absolute Gasteiger partial charge is 0.263 e. The van der Waals surface area contributed by atoms with Gasteiger partial charge in [-0.3, -0.25) is 4.79 Å². The molecule has 0 fully saturated rings. The molecular formula is C12H16F2N2O. The van der Waals surface area contributed by atoms with Gasteiger partial charge in [-0.1, -0.05) is 24.3 Å². The van der Waals surface area contributed by atoms with Crippen LogP contribution in [0, 0.1) is 0 Å². The Morgan fingerprint density at radius 3 is 2.35 bits per heavy atom. The second-order valence-corrected chi connectivity index (χ2v) is 3.76. The van der Waals surface area contributed by atoms with Gasteiger partial charge in [-0.2, -0.15) is 0 Å². The maximum Gasteiger partial charge on any atom is 0.263 e. The van der Waals surface area contributed by atoms with Gasteiger partial charge in [0.2, 0.25) is 5.91 Å². The van der Waals surface area contributed by atoms with E-state index in [9.17, 15) is 13.6 Å². The highest BCUT2D eigenvalue weighted by atomic mass is 19.3. The number of amides is 1. The van der Waals surface area contributed by atoms with Crippen molar-refractivity contribution in [2.45, 2.75) is 25.9 Å². The molecule has 3 nitrogen and oxygen atoms in total. The fraction of sp³-hybridized carbons (Fsp3) is 0.417. The van der Waals surface area contributed by atoms with Gasteiger partial charge in [0.05, 0.1) is 6.04 Å². The number of halogens is 2. The lowest BCUT2D eigenvalue weighted by atomic mass is 10.1. The lowest BCUT2D eigenvalue weighted by Crippen LogP contribution is -2.40. The Balaban J connectivity index is 2.50. The van der Waals surface area contributed by atoms with Crippen LogP contribution in [-0.2, 0) is 11.3 Å². The third kappa shape index (κ3) is 4.11. The molecule has 0 aromatic heterocycles. The summed E-state index contributed by atoms with van der Waals surface area (Å²) in [5.41, 5.74) is 0.873. The first-order valence-electron chi connectivity index (χ1n) is 5.36. The quantitative estimate of drug-likeness (QED) is 0.827. The Morgan fingerprint density at radius 2 is 1.88 bits per heavy atom. The summed E-state index contributed by atoms with van der Waals surface area (Å²) in [4.78, 5) is 11.2. The monoisotopic (exact) mass is 242 g/mol. The third-order valence-corrected chi connectivity index (χ3v) is 2.48. The van der Waals surface area contributed by atoms with Gasteiger partial charge < -0.3 is 10.6 Å². The molecule has 1 aromatic carbocycles. The Morgan fingerprint density at radius 1 is 1.29 bits per heavy atom. The van der Waals surface area contributed by atoms with E-state index in [2.05, 4.69) is 10.6 Å². The van der Waals surface area contributed by atoms with Crippen LogP contribution in [0.15, 0.2) is 24.3 Å². The molecule has 0 saturated heterocycles. The van der Waals surface area contributed by atoms with E-state index in [1.165, 1.54) is 12.1 Å². The van der Waals surface area contributed by atoms with Crippen molar-refractivity contribution in [2.75, 3.05) is 7.05 Å². The zero-order valence-electron chi connectivity index (χ0n) is 9.84. The van der Waals surface area contributed by atoms with Crippen molar-refractivity contribution in [2.24, 2.45) is 0 Å². The van der Waals surface area contributed by atoms with E-state index >= 15 is 0 Å². The van der Waals surface area contributed by atoms with Crippen molar-refractivity contribution in [1.29, 1.82) is 0 Å². The molecule has 0 aliphatic heterocycles. The highest BCUT2D eigenvalue weighted by Gasteiger charge is 2.10. The molecule has 1 aromatic rings. The Bertz CT molecular complexity index is 365. The first kappa shape index (κ1) is 13.6. The number of hydrogen-bond acceptors (Lipinski definition) is 2. The number of alkyl halides is 2. The number of carbonyl (C=O) groups excluding carboxylic acids is 1. The van der Waals surface area contributed by atoms with Gasteiger partial charge in [0, 0.05) is 19.2 Å². The van der Waals surface area contributed by atoms with Crippen LogP contribution < -0.4 is 10.6 Å². The summed E-state index contributed by atoms with van der Waals surface area (Å²) in [6, 6.07) is 5.74. The van der Waals surface area contributed by atoms with Gasteiger partial charge in [0.15, 0.2) is 0 Å². The first-order chi connectivity index (χ1) is 8.04. The lowest BCUT2D eigenvalue weighted by Gasteiger charge is -2.12. The Hall–Kier alpha value is -1.49. The van der Waals surface area contributed by atoms with Crippen LogP contribution >= 0.6 is 0 Å². The summed E-state index contributed by atoms with van der Waals surface area (Å²) in [6.07, 6.45) is -2.44. The van der Waals surface area contributed by atoms with Gasteiger partial charge in [-0.25, -0.2) is 8.78 Å². The molecule has 2 N–H and O–H groups in total. The number of likely N-dealkylation sites (N-methyl/N-ethyl adjacent to an activating group) is 1. The number of hydrogen-bond donors (Lipinski definition) is 2. The fourth-order valence-electron chi connectivity index (χ4n) is 1.36. The maximum atomic E-state index is 12.3. The van der Waals surface area contributed by atoms with Gasteiger partial charge in [-0.15, -0.1) is 0 Å². The van der Waals surface area contributed by atoms with Crippen LogP contribution in [0.25, 0.3) is 0 Å². The molecule has 1 amide bonds. The molecule has 0 saturated carbocycles. The average molecular weight is 242 g/mol. The number of carbonyl (C=O) groups is 1. The molecule has 1 rings (SSSR count). The Kier molecular flexibility index (Phi) is 5.03. The molecule has 0 aliphatic carbocycles. The van der Waals surface area contributed by atoms with Crippen LogP contribution in [0.3, 0.4) is 0 Å². The normalized spacial score (nSPS) is 12.5. The Labute approximate surface area is 99.2 Å². The van der Waals surface area contributed by atoms with E-state index in [4.69, 9.17) is 0 Å². The second-order valence-electron chi connectivity index (χ2n) is 3.76. The van der Waals surface area contributed by atoms with Crippen molar-refractivity contribution in [1.82, 2.24) is 10.6 Å². The van der Waals surface area contributed by atoms with Crippen LogP contribution in [0.2, 0.25) is 0 Å². The standard InChI is InChI=1S/C12H16F2N2O/c1-8(12(17)15-2)16-7-9-3-5-10(6-4-9)11(13)14/h3-6,8,11,16H,7H2,1-2H3,(H,15,17). The predicted octanol–water partition coefficient (Wildman–Crippen LogP) is 1.85. The molecular weight excluding hydrogens is 226 g/mol. The van der Waals surface area contributed by atoms with Crippen LogP contribution in [0.5, 0.6) is 0 Å². The molecule has 0 bridgehead atoms. The van der Waals surface area contributed by atoms with Crippen LogP contribution in [0.1, 0.15) is 24.5 Å². The van der Waals surface area contributed by atoms with Gasteiger partial charge in [-0.05, 0) is 12.5 Å². The van der Waals surface area contributed by atoms with E-state index in [1.807, 2.05) is 0 Å². The lowest BCUT2D eigenvalue weighted by molar-refractivity contribution is -0.122. The van der Waals surface area contributed by atoms with Gasteiger partial charge in [0.25, 0.3) is 6.43 Å². The summed E-state index contributed by atoms with van der Waals surface area (Å²) in [7, 11) is 1.57. The molecule has 17 heavy (non-hydrogen) atoms. The average Bonchev–Trinajstić information content (AvgIpc) is 2.35. The minimum absolute atomic E-state index is 0.00750. The summed E-state index contributed by atoms with van der Waals surface area (Å²) in [5.74, 6) is -0.103. The molecule has 0 spiro atoms. The molecule has 5 heteroatoms. The fourth-order valence-corrected chi connectivity index (χ4v) is 1.36. The SMILES string of the molecule is CNC(=O)C(C)NCc1ccc(C(F)F)cc1. The summed E-state index contributed by atoms with van der Waals surface area (Å²) < 4.78 is 24.6. The van der Waals surface area contributed by atoms with Crippen molar-refractivity contribution in [3.8, 4) is 0 Å². The molecule has 1 atom stereocenters. The van der Waals surface area contributed by atoms with Crippen molar-refractivity contribution >= 4 is 5.91 Å². The number of benzene rings is 1. The van der Waals surface area contributed by atoms with Crippen molar-refractivity contribution in [3.05, 3.63) is 35.4 Å². The molecule has 0 radical (unpaired) electrons. The number of nitrogens with one attached hydrogen (secondary N) is 2. The summed E-state index contributed by atoms with van der Waals surface area (Å²) in [6.45, 7) is 2.21. The molecule has 0 heterocycles. The van der Waals surface area contributed by atoms with Crippen molar-refractivity contribution < 1.29 is 13.6 Å². The van der Waals surface area contributed by atoms with E-state index < -0.39 is 6.43 Å². The minimum atomic E-state index is -2.44. The van der Waals surface area contributed by atoms with E-state index in [0.29, 0.717) is 6.54 Å². The van der Waals surface area contributed by atoms with Crippen molar-refractivity contribution in [3.63, 3.8) is 0 Å². The molecule has 0 aliphatic rings. The van der Waals surface area contributed by atoms with E-state index in [0.717, 1.165) is 5.56 Å². The predicted molar refractivity (Wildman–Crippen MR) is 61.8 cm³/mol. The molecule has 94 valence electrons. The molecule has 1 unspecified atom stereocenters. The third-order valence-electron chi connectivity index (χ3n) is 2.48. The summed E-state index contributed by atoms with van der Waals surface area (Å²) in [5, 5.41) is 5.52. The second kappa shape index (κ2) is 6.30. The zero-order chi connectivity index (χ0) is 12.8. The largest absolute Gasteiger partial charge is 0.358 e. The van der Waals surface area contributed by atoms with Crippen LogP contribution in [0.4, 0.5) is 8.78 Å². The van der Waals surface area contributed by atoms with E-state index in [1.54, 1.807) is 26.1 Å². The summed E-state index contributed by atoms with van der Waals surface area (Å²) >= 11 is 0. The highest BCUT2D eigenvalue weighted by Crippen LogP contribution is 2.18. The van der Waals surface area contributed by atoms with Crippen LogP contribution in [-0.4, -0.2) is 19.0 Å². The minimum Gasteiger partial charge on any atom is -0.358 e. The first-order valence-corrected chi connectivity index (χ1v) is 5.36. The van der Waals surface area contributed by atoms with E-state index in [-0.39, 0.29) is 17.5 Å².